The Labute approximate surface area is 144 Å². The lowest BCUT2D eigenvalue weighted by atomic mass is 10.1. The van der Waals surface area contributed by atoms with Gasteiger partial charge in [-0.05, 0) is 63.5 Å². The van der Waals surface area contributed by atoms with E-state index in [1.165, 1.54) is 0 Å². The van der Waals surface area contributed by atoms with Gasteiger partial charge in [0.05, 0.1) is 0 Å². The Bertz CT molecular complexity index is 615. The maximum Gasteiger partial charge on any atom is 0.139 e. The topological polar surface area (TPSA) is 56.3 Å². The predicted molar refractivity (Wildman–Crippen MR) is 97.1 cm³/mol. The van der Waals surface area contributed by atoms with Crippen molar-refractivity contribution in [3.05, 3.63) is 36.7 Å². The Morgan fingerprint density at radius 2 is 1.92 bits per heavy atom. The highest BCUT2D eigenvalue weighted by atomic mass is 16.5. The molecule has 0 unspecified atom stereocenters. The lowest BCUT2D eigenvalue weighted by Gasteiger charge is -2.29. The van der Waals surface area contributed by atoms with Crippen LogP contribution in [-0.4, -0.2) is 47.2 Å². The van der Waals surface area contributed by atoms with Crippen LogP contribution in [0, 0.1) is 0 Å². The van der Waals surface area contributed by atoms with Crippen molar-refractivity contribution >= 4 is 0 Å². The van der Waals surface area contributed by atoms with Gasteiger partial charge in [-0.3, -0.25) is 0 Å². The molecular weight excluding hydrogens is 300 g/mol. The summed E-state index contributed by atoms with van der Waals surface area (Å²) < 4.78 is 8.31. The van der Waals surface area contributed by atoms with Crippen LogP contribution in [0.25, 0.3) is 11.4 Å². The molecule has 1 fully saturated rings. The molecule has 2 aromatic rings. The molecule has 2 heterocycles. The lowest BCUT2D eigenvalue weighted by molar-refractivity contribution is 0.114. The number of hydrogen-bond donors (Lipinski definition) is 1. The molecule has 3 rings (SSSR count). The third-order valence-electron chi connectivity index (χ3n) is 4.65. The van der Waals surface area contributed by atoms with Crippen molar-refractivity contribution in [1.82, 2.24) is 14.5 Å². The average molecular weight is 328 g/mol. The van der Waals surface area contributed by atoms with E-state index in [9.17, 15) is 0 Å². The van der Waals surface area contributed by atoms with E-state index in [0.29, 0.717) is 6.10 Å². The molecule has 2 N–H and O–H groups in total. The minimum atomic E-state index is 0.338. The highest BCUT2D eigenvalue weighted by Crippen LogP contribution is 2.24. The molecule has 1 aromatic carbocycles. The molecule has 1 aliphatic rings. The Morgan fingerprint density at radius 1 is 1.17 bits per heavy atom. The number of aryl methyl sites for hydroxylation is 1. The van der Waals surface area contributed by atoms with Gasteiger partial charge in [-0.1, -0.05) is 0 Å². The molecule has 0 saturated carbocycles. The second-order valence-electron chi connectivity index (χ2n) is 6.58. The molecule has 0 radical (unpaired) electrons. The Morgan fingerprint density at radius 3 is 2.62 bits per heavy atom. The number of likely N-dealkylation sites (tertiary alicyclic amines) is 1. The molecule has 1 saturated heterocycles. The first-order chi connectivity index (χ1) is 11.8. The molecule has 0 bridgehead atoms. The molecule has 5 nitrogen and oxygen atoms in total. The molecule has 1 aromatic heterocycles. The Kier molecular flexibility index (Phi) is 5.88. The zero-order valence-electron chi connectivity index (χ0n) is 14.5. The Hall–Kier alpha value is -1.85. The fraction of sp³-hybridized carbons (Fsp3) is 0.526. The van der Waals surface area contributed by atoms with Crippen LogP contribution in [0.3, 0.4) is 0 Å². The van der Waals surface area contributed by atoms with E-state index in [1.807, 2.05) is 12.4 Å². The summed E-state index contributed by atoms with van der Waals surface area (Å²) >= 11 is 0. The van der Waals surface area contributed by atoms with Gasteiger partial charge in [0, 0.05) is 37.6 Å². The van der Waals surface area contributed by atoms with Gasteiger partial charge in [0.2, 0.25) is 0 Å². The number of unbranched alkanes of at least 4 members (excludes halogenated alkanes) is 1. The average Bonchev–Trinajstić information content (AvgIpc) is 3.06. The zero-order valence-corrected chi connectivity index (χ0v) is 14.5. The van der Waals surface area contributed by atoms with Crippen LogP contribution < -0.4 is 10.5 Å². The molecule has 130 valence electrons. The van der Waals surface area contributed by atoms with Crippen molar-refractivity contribution in [3.8, 4) is 17.1 Å². The van der Waals surface area contributed by atoms with E-state index in [-0.39, 0.29) is 0 Å². The van der Waals surface area contributed by atoms with E-state index in [0.717, 1.165) is 69.0 Å². The summed E-state index contributed by atoms with van der Waals surface area (Å²) in [5.41, 5.74) is 6.70. The summed E-state index contributed by atoms with van der Waals surface area (Å²) in [6.07, 6.45) is 8.56. The first-order valence-corrected chi connectivity index (χ1v) is 8.93. The van der Waals surface area contributed by atoms with Gasteiger partial charge in [-0.15, -0.1) is 0 Å². The third kappa shape index (κ3) is 4.36. The molecular formula is C19H28N4O. The van der Waals surface area contributed by atoms with Crippen molar-refractivity contribution in [2.75, 3.05) is 26.7 Å². The van der Waals surface area contributed by atoms with Gasteiger partial charge in [0.25, 0.3) is 0 Å². The van der Waals surface area contributed by atoms with E-state index < -0.39 is 0 Å². The van der Waals surface area contributed by atoms with Crippen LogP contribution in [0.15, 0.2) is 36.7 Å². The maximum absolute atomic E-state index is 6.12. The highest BCUT2D eigenvalue weighted by Gasteiger charge is 2.18. The zero-order chi connectivity index (χ0) is 16.8. The Balaban J connectivity index is 1.61. The predicted octanol–water partition coefficient (Wildman–Crippen LogP) is 2.76. The molecule has 1 aliphatic heterocycles. The fourth-order valence-corrected chi connectivity index (χ4v) is 3.15. The molecule has 0 atom stereocenters. The number of nitrogens with two attached hydrogens (primary N) is 1. The van der Waals surface area contributed by atoms with Gasteiger partial charge >= 0.3 is 0 Å². The van der Waals surface area contributed by atoms with Crippen LogP contribution in [-0.2, 0) is 6.54 Å². The minimum absolute atomic E-state index is 0.338. The van der Waals surface area contributed by atoms with Crippen LogP contribution in [0.2, 0.25) is 0 Å². The van der Waals surface area contributed by atoms with Crippen LogP contribution in [0.5, 0.6) is 5.75 Å². The van der Waals surface area contributed by atoms with E-state index in [2.05, 4.69) is 45.8 Å². The molecule has 0 aliphatic carbocycles. The van der Waals surface area contributed by atoms with Crippen molar-refractivity contribution in [2.24, 2.45) is 5.73 Å². The second kappa shape index (κ2) is 8.31. The highest BCUT2D eigenvalue weighted by molar-refractivity contribution is 5.56. The van der Waals surface area contributed by atoms with E-state index in [4.69, 9.17) is 10.5 Å². The van der Waals surface area contributed by atoms with Gasteiger partial charge < -0.3 is 19.9 Å². The number of ether oxygens (including phenoxy) is 1. The number of rotatable bonds is 7. The number of benzene rings is 1. The minimum Gasteiger partial charge on any atom is -0.490 e. The van der Waals surface area contributed by atoms with Gasteiger partial charge in [0.15, 0.2) is 0 Å². The third-order valence-corrected chi connectivity index (χ3v) is 4.65. The largest absolute Gasteiger partial charge is 0.490 e. The van der Waals surface area contributed by atoms with Crippen LogP contribution in [0.1, 0.15) is 25.7 Å². The van der Waals surface area contributed by atoms with Crippen molar-refractivity contribution in [1.29, 1.82) is 0 Å². The fourth-order valence-electron chi connectivity index (χ4n) is 3.15. The monoisotopic (exact) mass is 328 g/mol. The summed E-state index contributed by atoms with van der Waals surface area (Å²) in [5, 5.41) is 0. The molecule has 0 spiro atoms. The van der Waals surface area contributed by atoms with Gasteiger partial charge in [0.1, 0.15) is 17.7 Å². The quantitative estimate of drug-likeness (QED) is 0.794. The number of imidazole rings is 1. The summed E-state index contributed by atoms with van der Waals surface area (Å²) in [6, 6.07) is 8.33. The summed E-state index contributed by atoms with van der Waals surface area (Å²) in [7, 11) is 2.17. The summed E-state index contributed by atoms with van der Waals surface area (Å²) in [4.78, 5) is 6.86. The SMILES string of the molecule is CN1CCC(Oc2ccc(-c3nccn3CCCCN)cc2)CC1. The molecule has 24 heavy (non-hydrogen) atoms. The van der Waals surface area contributed by atoms with Crippen molar-refractivity contribution < 1.29 is 4.74 Å². The number of piperidine rings is 1. The van der Waals surface area contributed by atoms with Crippen molar-refractivity contribution in [2.45, 2.75) is 38.3 Å². The lowest BCUT2D eigenvalue weighted by Crippen LogP contribution is -2.35. The summed E-state index contributed by atoms with van der Waals surface area (Å²) in [5.74, 6) is 1.97. The number of aromatic nitrogens is 2. The smallest absolute Gasteiger partial charge is 0.139 e. The van der Waals surface area contributed by atoms with Crippen molar-refractivity contribution in [3.63, 3.8) is 0 Å². The van der Waals surface area contributed by atoms with E-state index in [1.54, 1.807) is 0 Å². The first kappa shape index (κ1) is 17.0. The second-order valence-corrected chi connectivity index (χ2v) is 6.58. The van der Waals surface area contributed by atoms with Crippen LogP contribution >= 0.6 is 0 Å². The van der Waals surface area contributed by atoms with Crippen LogP contribution in [0.4, 0.5) is 0 Å². The van der Waals surface area contributed by atoms with Gasteiger partial charge in [-0.2, -0.15) is 0 Å². The molecule has 5 heteroatoms. The standard InChI is InChI=1S/C19H28N4O/c1-22-13-8-18(9-14-22)24-17-6-4-16(5-7-17)19-21-11-15-23(19)12-3-2-10-20/h4-7,11,15,18H,2-3,8-10,12-14,20H2,1H3. The van der Waals surface area contributed by atoms with Gasteiger partial charge in [-0.25, -0.2) is 4.98 Å². The maximum atomic E-state index is 6.12. The number of hydrogen-bond acceptors (Lipinski definition) is 4. The normalized spacial score (nSPS) is 16.4. The molecule has 0 amide bonds. The van der Waals surface area contributed by atoms with E-state index >= 15 is 0 Å². The first-order valence-electron chi connectivity index (χ1n) is 8.93. The number of nitrogens with zero attached hydrogens (tertiary/aromatic N) is 3. The summed E-state index contributed by atoms with van der Waals surface area (Å²) in [6.45, 7) is 3.93.